The minimum atomic E-state index is -0.759. The Balaban J connectivity index is 2.76. The van der Waals surface area contributed by atoms with Crippen molar-refractivity contribution < 1.29 is 19.1 Å². The van der Waals surface area contributed by atoms with Crippen molar-refractivity contribution in [3.8, 4) is 0 Å². The van der Waals surface area contributed by atoms with Gasteiger partial charge in [0.25, 0.3) is 5.91 Å². The number of carbonyl (C=O) groups is 3. The molecule has 0 fully saturated rings. The molecule has 0 aromatic heterocycles. The number of benzene rings is 1. The van der Waals surface area contributed by atoms with Crippen LogP contribution in [0.2, 0.25) is 0 Å². The Morgan fingerprint density at radius 1 is 1.24 bits per heavy atom. The van der Waals surface area contributed by atoms with Crippen LogP contribution in [0.4, 0.5) is 4.79 Å². The van der Waals surface area contributed by atoms with Crippen LogP contribution in [0.25, 0.3) is 0 Å². The molecular formula is C18H27N3O4. The van der Waals surface area contributed by atoms with Gasteiger partial charge in [-0.05, 0) is 45.7 Å². The van der Waals surface area contributed by atoms with Crippen LogP contribution in [0.1, 0.15) is 43.6 Å². The summed E-state index contributed by atoms with van der Waals surface area (Å²) in [5.41, 5.74) is 5.83. The molecule has 3 amide bonds. The lowest BCUT2D eigenvalue weighted by Crippen LogP contribution is -2.42. The molecule has 0 aliphatic rings. The molecule has 3 N–H and O–H groups in total. The second-order valence-electron chi connectivity index (χ2n) is 6.91. The summed E-state index contributed by atoms with van der Waals surface area (Å²) in [6.45, 7) is 7.33. The number of hydrogen-bond donors (Lipinski definition) is 2. The third-order valence-electron chi connectivity index (χ3n) is 3.46. The number of amides is 3. The molecule has 0 bridgehead atoms. The molecule has 25 heavy (non-hydrogen) atoms. The van der Waals surface area contributed by atoms with Crippen LogP contribution in [0, 0.1) is 0 Å². The summed E-state index contributed by atoms with van der Waals surface area (Å²) in [7, 11) is 1.64. The first-order valence-corrected chi connectivity index (χ1v) is 8.13. The first kappa shape index (κ1) is 20.5. The molecule has 0 unspecified atom stereocenters. The van der Waals surface area contributed by atoms with E-state index < -0.39 is 23.6 Å². The summed E-state index contributed by atoms with van der Waals surface area (Å²) in [6, 6.07) is 6.28. The number of ether oxygens (including phenoxy) is 1. The van der Waals surface area contributed by atoms with Gasteiger partial charge in [-0.2, -0.15) is 0 Å². The highest BCUT2D eigenvalue weighted by Gasteiger charge is 2.20. The van der Waals surface area contributed by atoms with Crippen molar-refractivity contribution in [2.75, 3.05) is 13.6 Å². The van der Waals surface area contributed by atoms with E-state index in [1.54, 1.807) is 40.0 Å². The standard InChI is InChI=1S/C18H27N3O4/c1-12(15(19)22)20-16(23)14-9-7-6-8-13(14)10-11-21(5)17(24)25-18(2,3)4/h6-9,12H,10-11H2,1-5H3,(H2,19,22)(H,20,23)/t12-/m0/s1. The predicted octanol–water partition coefficient (Wildman–Crippen LogP) is 1.70. The van der Waals surface area contributed by atoms with Gasteiger partial charge in [0.2, 0.25) is 5.91 Å². The monoisotopic (exact) mass is 349 g/mol. The SMILES string of the molecule is C[C@H](NC(=O)c1ccccc1CCN(C)C(=O)OC(C)(C)C)C(N)=O. The highest BCUT2D eigenvalue weighted by Crippen LogP contribution is 2.12. The normalized spacial score (nSPS) is 12.2. The van der Waals surface area contributed by atoms with Crippen molar-refractivity contribution in [1.29, 1.82) is 0 Å². The van der Waals surface area contributed by atoms with Crippen LogP contribution in [0.15, 0.2) is 24.3 Å². The van der Waals surface area contributed by atoms with E-state index in [0.29, 0.717) is 18.5 Å². The number of hydrogen-bond acceptors (Lipinski definition) is 4. The van der Waals surface area contributed by atoms with Gasteiger partial charge < -0.3 is 20.7 Å². The number of primary amides is 1. The van der Waals surface area contributed by atoms with Gasteiger partial charge in [0.05, 0.1) is 0 Å². The minimum Gasteiger partial charge on any atom is -0.444 e. The zero-order chi connectivity index (χ0) is 19.2. The topological polar surface area (TPSA) is 102 Å². The molecular weight excluding hydrogens is 322 g/mol. The number of likely N-dealkylation sites (N-methyl/N-ethyl adjacent to an activating group) is 1. The van der Waals surface area contributed by atoms with Crippen LogP contribution in [-0.2, 0) is 16.0 Å². The number of carbonyl (C=O) groups excluding carboxylic acids is 3. The maximum absolute atomic E-state index is 12.3. The zero-order valence-corrected chi connectivity index (χ0v) is 15.5. The molecule has 7 nitrogen and oxygen atoms in total. The first-order chi connectivity index (χ1) is 11.5. The summed E-state index contributed by atoms with van der Waals surface area (Å²) in [4.78, 5) is 36.9. The molecule has 0 saturated heterocycles. The summed E-state index contributed by atoms with van der Waals surface area (Å²) in [5.74, 6) is -0.975. The Hall–Kier alpha value is -2.57. The Morgan fingerprint density at radius 2 is 1.84 bits per heavy atom. The predicted molar refractivity (Wildman–Crippen MR) is 95.1 cm³/mol. The van der Waals surface area contributed by atoms with Crippen molar-refractivity contribution in [2.24, 2.45) is 5.73 Å². The molecule has 0 aliphatic carbocycles. The Bertz CT molecular complexity index is 637. The van der Waals surface area contributed by atoms with Crippen LogP contribution < -0.4 is 11.1 Å². The van der Waals surface area contributed by atoms with E-state index in [4.69, 9.17) is 10.5 Å². The van der Waals surface area contributed by atoms with E-state index in [9.17, 15) is 14.4 Å². The van der Waals surface area contributed by atoms with Gasteiger partial charge in [-0.3, -0.25) is 9.59 Å². The van der Waals surface area contributed by atoms with Crippen molar-refractivity contribution in [3.63, 3.8) is 0 Å². The molecule has 7 heteroatoms. The molecule has 1 aromatic carbocycles. The van der Waals surface area contributed by atoms with Crippen LogP contribution >= 0.6 is 0 Å². The second-order valence-corrected chi connectivity index (χ2v) is 6.91. The van der Waals surface area contributed by atoms with Gasteiger partial charge in [0.15, 0.2) is 0 Å². The van der Waals surface area contributed by atoms with Crippen molar-refractivity contribution in [2.45, 2.75) is 45.8 Å². The van der Waals surface area contributed by atoms with Crippen molar-refractivity contribution in [1.82, 2.24) is 10.2 Å². The number of nitrogens with two attached hydrogens (primary N) is 1. The number of rotatable bonds is 6. The van der Waals surface area contributed by atoms with E-state index in [-0.39, 0.29) is 5.91 Å². The first-order valence-electron chi connectivity index (χ1n) is 8.13. The summed E-state index contributed by atoms with van der Waals surface area (Å²) in [6.07, 6.45) is 0.0568. The van der Waals surface area contributed by atoms with E-state index >= 15 is 0 Å². The van der Waals surface area contributed by atoms with Crippen molar-refractivity contribution >= 4 is 17.9 Å². The fourth-order valence-corrected chi connectivity index (χ4v) is 2.02. The molecule has 1 aromatic rings. The van der Waals surface area contributed by atoms with Gasteiger partial charge in [0.1, 0.15) is 11.6 Å². The third-order valence-corrected chi connectivity index (χ3v) is 3.46. The zero-order valence-electron chi connectivity index (χ0n) is 15.5. The fraction of sp³-hybridized carbons (Fsp3) is 0.500. The number of nitrogens with one attached hydrogen (secondary N) is 1. The lowest BCUT2D eigenvalue weighted by atomic mass is 10.0. The molecule has 0 saturated carbocycles. The van der Waals surface area contributed by atoms with Crippen molar-refractivity contribution in [3.05, 3.63) is 35.4 Å². The lowest BCUT2D eigenvalue weighted by Gasteiger charge is -2.24. The van der Waals surface area contributed by atoms with E-state index in [2.05, 4.69) is 5.32 Å². The minimum absolute atomic E-state index is 0.373. The summed E-state index contributed by atoms with van der Waals surface area (Å²) >= 11 is 0. The van der Waals surface area contributed by atoms with Gasteiger partial charge in [-0.25, -0.2) is 4.79 Å². The molecule has 0 aliphatic heterocycles. The summed E-state index contributed by atoms with van der Waals surface area (Å²) < 4.78 is 5.30. The van der Waals surface area contributed by atoms with E-state index in [1.165, 1.54) is 11.8 Å². The summed E-state index contributed by atoms with van der Waals surface area (Å²) in [5, 5.41) is 2.56. The molecule has 138 valence electrons. The van der Waals surface area contributed by atoms with Gasteiger partial charge in [0, 0.05) is 19.2 Å². The molecule has 0 spiro atoms. The van der Waals surface area contributed by atoms with Gasteiger partial charge in [-0.15, -0.1) is 0 Å². The van der Waals surface area contributed by atoms with Crippen LogP contribution in [0.5, 0.6) is 0 Å². The lowest BCUT2D eigenvalue weighted by molar-refractivity contribution is -0.119. The van der Waals surface area contributed by atoms with Crippen LogP contribution in [0.3, 0.4) is 0 Å². The third kappa shape index (κ3) is 6.82. The average Bonchev–Trinajstić information content (AvgIpc) is 2.50. The second kappa shape index (κ2) is 8.50. The fourth-order valence-electron chi connectivity index (χ4n) is 2.02. The van der Waals surface area contributed by atoms with E-state index in [0.717, 1.165) is 5.56 Å². The quantitative estimate of drug-likeness (QED) is 0.816. The van der Waals surface area contributed by atoms with Gasteiger partial charge in [-0.1, -0.05) is 18.2 Å². The number of nitrogens with zero attached hydrogens (tertiary/aromatic N) is 1. The molecule has 0 radical (unpaired) electrons. The van der Waals surface area contributed by atoms with Crippen LogP contribution in [-0.4, -0.2) is 48.0 Å². The highest BCUT2D eigenvalue weighted by atomic mass is 16.6. The Kier molecular flexibility index (Phi) is 6.97. The highest BCUT2D eigenvalue weighted by molar-refractivity contribution is 5.98. The van der Waals surface area contributed by atoms with E-state index in [1.807, 2.05) is 12.1 Å². The molecule has 0 heterocycles. The maximum Gasteiger partial charge on any atom is 0.410 e. The maximum atomic E-state index is 12.3. The van der Waals surface area contributed by atoms with Gasteiger partial charge >= 0.3 is 6.09 Å². The Morgan fingerprint density at radius 3 is 2.40 bits per heavy atom. The smallest absolute Gasteiger partial charge is 0.410 e. The Labute approximate surface area is 148 Å². The molecule has 1 rings (SSSR count). The molecule has 1 atom stereocenters. The largest absolute Gasteiger partial charge is 0.444 e. The average molecular weight is 349 g/mol.